The van der Waals surface area contributed by atoms with Gasteiger partial charge in [0.05, 0.1) is 0 Å². The number of hydrogen-bond donors (Lipinski definition) is 0. The molecule has 0 saturated carbocycles. The van der Waals surface area contributed by atoms with E-state index in [-0.39, 0.29) is 5.97 Å². The second kappa shape index (κ2) is 4.64. The Morgan fingerprint density at radius 3 is 2.92 bits per heavy atom. The van der Waals surface area contributed by atoms with E-state index in [4.69, 9.17) is 4.74 Å². The zero-order valence-electron chi connectivity index (χ0n) is 6.97. The largest absolute Gasteiger partial charge is 0.424 e. The number of carbonyl (C=O) groups is 1. The highest BCUT2D eigenvalue weighted by atomic mass is 127. The van der Waals surface area contributed by atoms with Crippen molar-refractivity contribution in [3.05, 3.63) is 23.5 Å². The molecule has 0 bridgehead atoms. The quantitative estimate of drug-likeness (QED) is 0.343. The van der Waals surface area contributed by atoms with Crippen LogP contribution in [0.1, 0.15) is 19.8 Å². The van der Waals surface area contributed by atoms with Gasteiger partial charge in [-0.25, -0.2) is 4.79 Å². The van der Waals surface area contributed by atoms with Gasteiger partial charge in [0, 0.05) is 5.57 Å². The van der Waals surface area contributed by atoms with Gasteiger partial charge in [0.15, 0.2) is 0 Å². The highest BCUT2D eigenvalue weighted by Gasteiger charge is 2.15. The van der Waals surface area contributed by atoms with Crippen molar-refractivity contribution in [1.82, 2.24) is 0 Å². The maximum atomic E-state index is 10.9. The van der Waals surface area contributed by atoms with Crippen LogP contribution in [-0.4, -0.2) is 10.4 Å². The van der Waals surface area contributed by atoms with Crippen LogP contribution in [0.4, 0.5) is 0 Å². The Morgan fingerprint density at radius 2 is 2.42 bits per heavy atom. The molecule has 0 aromatic heterocycles. The van der Waals surface area contributed by atoms with Gasteiger partial charge < -0.3 is 4.74 Å². The lowest BCUT2D eigenvalue weighted by atomic mass is 10.2. The molecule has 3 heteroatoms. The van der Waals surface area contributed by atoms with Crippen molar-refractivity contribution < 1.29 is 9.53 Å². The van der Waals surface area contributed by atoms with Crippen molar-refractivity contribution in [3.8, 4) is 0 Å². The van der Waals surface area contributed by atoms with Gasteiger partial charge >= 0.3 is 5.97 Å². The molecule has 1 heterocycles. The summed E-state index contributed by atoms with van der Waals surface area (Å²) in [7, 11) is 0. The predicted molar refractivity (Wildman–Crippen MR) is 56.1 cm³/mol. The molecule has 0 aliphatic carbocycles. The molecule has 1 rings (SSSR count). The number of cyclic esters (lactones) is 1. The SMILES string of the molecule is CC1=C/C(=C\CCCI)OC1=O. The van der Waals surface area contributed by atoms with E-state index in [1.54, 1.807) is 13.0 Å². The van der Waals surface area contributed by atoms with Gasteiger partial charge in [0.25, 0.3) is 0 Å². The lowest BCUT2D eigenvalue weighted by Crippen LogP contribution is -1.94. The van der Waals surface area contributed by atoms with Gasteiger partial charge in [0.2, 0.25) is 0 Å². The van der Waals surface area contributed by atoms with Gasteiger partial charge in [-0.15, -0.1) is 0 Å². The summed E-state index contributed by atoms with van der Waals surface area (Å²) < 4.78 is 6.08. The minimum Gasteiger partial charge on any atom is -0.424 e. The molecule has 66 valence electrons. The zero-order valence-corrected chi connectivity index (χ0v) is 9.13. The Labute approximate surface area is 85.8 Å². The third kappa shape index (κ3) is 2.62. The normalized spacial score (nSPS) is 19.7. The molecule has 2 nitrogen and oxygen atoms in total. The van der Waals surface area contributed by atoms with Crippen LogP contribution in [-0.2, 0) is 9.53 Å². The fourth-order valence-electron chi connectivity index (χ4n) is 0.911. The van der Waals surface area contributed by atoms with Crippen molar-refractivity contribution in [3.63, 3.8) is 0 Å². The van der Waals surface area contributed by atoms with E-state index in [2.05, 4.69) is 22.6 Å². The third-order valence-electron chi connectivity index (χ3n) is 1.57. The van der Waals surface area contributed by atoms with Crippen molar-refractivity contribution in [1.29, 1.82) is 0 Å². The molecule has 0 fully saturated rings. The van der Waals surface area contributed by atoms with Crippen LogP contribution in [0.2, 0.25) is 0 Å². The number of rotatable bonds is 3. The van der Waals surface area contributed by atoms with Gasteiger partial charge in [-0.05, 0) is 36.3 Å². The number of unbranched alkanes of at least 4 members (excludes halogenated alkanes) is 1. The summed E-state index contributed by atoms with van der Waals surface area (Å²) >= 11 is 2.33. The average Bonchev–Trinajstić information content (AvgIpc) is 2.32. The molecule has 0 aromatic carbocycles. The van der Waals surface area contributed by atoms with Crippen LogP contribution in [0.25, 0.3) is 0 Å². The van der Waals surface area contributed by atoms with Crippen molar-refractivity contribution in [2.45, 2.75) is 19.8 Å². The average molecular weight is 278 g/mol. The number of alkyl halides is 1. The Bertz CT molecular complexity index is 241. The first-order valence-electron chi connectivity index (χ1n) is 3.90. The number of halogens is 1. The second-order valence-corrected chi connectivity index (χ2v) is 3.73. The molecular formula is C9H11IO2. The van der Waals surface area contributed by atoms with Crippen molar-refractivity contribution in [2.24, 2.45) is 0 Å². The van der Waals surface area contributed by atoms with Crippen LogP contribution >= 0.6 is 22.6 Å². The second-order valence-electron chi connectivity index (χ2n) is 2.65. The zero-order chi connectivity index (χ0) is 8.97. The predicted octanol–water partition coefficient (Wildman–Crippen LogP) is 2.59. The molecule has 0 N–H and O–H groups in total. The smallest absolute Gasteiger partial charge is 0.339 e. The first kappa shape index (κ1) is 9.77. The molecule has 12 heavy (non-hydrogen) atoms. The maximum Gasteiger partial charge on any atom is 0.339 e. The van der Waals surface area contributed by atoms with Gasteiger partial charge in [-0.3, -0.25) is 0 Å². The van der Waals surface area contributed by atoms with Gasteiger partial charge in [-0.1, -0.05) is 22.6 Å². The molecule has 0 spiro atoms. The fourth-order valence-corrected chi connectivity index (χ4v) is 1.35. The van der Waals surface area contributed by atoms with Crippen LogP contribution in [0, 0.1) is 0 Å². The molecule has 0 atom stereocenters. The first-order valence-corrected chi connectivity index (χ1v) is 5.43. The summed E-state index contributed by atoms with van der Waals surface area (Å²) in [5, 5.41) is 0. The Morgan fingerprint density at radius 1 is 1.67 bits per heavy atom. The molecule has 0 unspecified atom stereocenters. The van der Waals surface area contributed by atoms with E-state index in [1.165, 1.54) is 0 Å². The van der Waals surface area contributed by atoms with Crippen molar-refractivity contribution in [2.75, 3.05) is 4.43 Å². The summed E-state index contributed by atoms with van der Waals surface area (Å²) in [5.74, 6) is 0.498. The standard InChI is InChI=1S/C9H11IO2/c1-7-6-8(12-9(7)11)4-2-3-5-10/h4,6H,2-3,5H2,1H3/b8-4+. The molecule has 1 aliphatic heterocycles. The lowest BCUT2D eigenvalue weighted by molar-refractivity contribution is -0.133. The van der Waals surface area contributed by atoms with E-state index in [0.29, 0.717) is 11.3 Å². The van der Waals surface area contributed by atoms with Crippen LogP contribution in [0.15, 0.2) is 23.5 Å². The Balaban J connectivity index is 2.46. The Hall–Kier alpha value is -0.320. The molecule has 0 saturated heterocycles. The summed E-state index contributed by atoms with van der Waals surface area (Å²) in [6, 6.07) is 0. The highest BCUT2D eigenvalue weighted by Crippen LogP contribution is 2.16. The van der Waals surface area contributed by atoms with Crippen LogP contribution < -0.4 is 0 Å². The van der Waals surface area contributed by atoms with E-state index in [9.17, 15) is 4.79 Å². The van der Waals surface area contributed by atoms with Crippen LogP contribution in [0.3, 0.4) is 0 Å². The molecule has 1 aliphatic rings. The molecule has 0 amide bonds. The molecule has 0 aromatic rings. The monoisotopic (exact) mass is 278 g/mol. The Kier molecular flexibility index (Phi) is 3.78. The fraction of sp³-hybridized carbons (Fsp3) is 0.444. The molecule has 0 radical (unpaired) electrons. The summed E-state index contributed by atoms with van der Waals surface area (Å²) in [5.41, 5.74) is 0.690. The molecular weight excluding hydrogens is 267 g/mol. The van der Waals surface area contributed by atoms with E-state index < -0.39 is 0 Å². The minimum atomic E-state index is -0.212. The minimum absolute atomic E-state index is 0.212. The summed E-state index contributed by atoms with van der Waals surface area (Å²) in [4.78, 5) is 10.9. The van der Waals surface area contributed by atoms with Crippen LogP contribution in [0.5, 0.6) is 0 Å². The van der Waals surface area contributed by atoms with E-state index >= 15 is 0 Å². The number of allylic oxidation sites excluding steroid dienone is 2. The highest BCUT2D eigenvalue weighted by molar-refractivity contribution is 14.1. The number of esters is 1. The van der Waals surface area contributed by atoms with Gasteiger partial charge in [0.1, 0.15) is 5.76 Å². The summed E-state index contributed by atoms with van der Waals surface area (Å²) in [6.07, 6.45) is 5.87. The van der Waals surface area contributed by atoms with Gasteiger partial charge in [-0.2, -0.15) is 0 Å². The topological polar surface area (TPSA) is 26.3 Å². The lowest BCUT2D eigenvalue weighted by Gasteiger charge is -1.94. The number of ether oxygens (including phenoxy) is 1. The first-order chi connectivity index (χ1) is 5.74. The van der Waals surface area contributed by atoms with E-state index in [0.717, 1.165) is 17.3 Å². The maximum absolute atomic E-state index is 10.9. The third-order valence-corrected chi connectivity index (χ3v) is 2.34. The van der Waals surface area contributed by atoms with Crippen molar-refractivity contribution >= 4 is 28.6 Å². The van der Waals surface area contributed by atoms with E-state index in [1.807, 2.05) is 6.08 Å². The number of hydrogen-bond acceptors (Lipinski definition) is 2. The number of carbonyl (C=O) groups excluding carboxylic acids is 1. The summed E-state index contributed by atoms with van der Waals surface area (Å²) in [6.45, 7) is 1.77.